The Labute approximate surface area is 147 Å². The molecule has 9 heteroatoms. The summed E-state index contributed by atoms with van der Waals surface area (Å²) in [5.41, 5.74) is 0.853. The highest BCUT2D eigenvalue weighted by Crippen LogP contribution is 2.16. The van der Waals surface area contributed by atoms with Gasteiger partial charge in [-0.2, -0.15) is 4.31 Å². The lowest BCUT2D eigenvalue weighted by atomic mass is 10.2. The van der Waals surface area contributed by atoms with Crippen molar-refractivity contribution in [1.29, 1.82) is 0 Å². The third-order valence-corrected chi connectivity index (χ3v) is 5.60. The van der Waals surface area contributed by atoms with E-state index in [4.69, 9.17) is 4.74 Å². The summed E-state index contributed by atoms with van der Waals surface area (Å²) in [7, 11) is -3.50. The number of ether oxygens (including phenoxy) is 1. The fraction of sp³-hybridized carbons (Fsp3) is 0.562. The van der Waals surface area contributed by atoms with Crippen molar-refractivity contribution in [2.75, 3.05) is 30.7 Å². The summed E-state index contributed by atoms with van der Waals surface area (Å²) in [6.45, 7) is 5.95. The molecular weight excluding hydrogens is 349 g/mol. The standard InChI is InChI=1S/C16H24FN3O4S/c1-11-4-5-14(17)15(8-11)19-16(21)18-6-7-25(22,23)20-9-12(2)24-13(3)10-20/h4-5,8,12-13H,6-7,9-10H2,1-3H3,(H2,18,19,21). The molecule has 140 valence electrons. The van der Waals surface area contributed by atoms with Crippen LogP contribution in [-0.4, -0.2) is 56.3 Å². The molecule has 0 aliphatic carbocycles. The number of nitrogens with one attached hydrogen (secondary N) is 2. The van der Waals surface area contributed by atoms with Crippen LogP contribution in [0.25, 0.3) is 0 Å². The van der Waals surface area contributed by atoms with Gasteiger partial charge in [0, 0.05) is 19.6 Å². The van der Waals surface area contributed by atoms with Gasteiger partial charge in [0.05, 0.1) is 23.6 Å². The van der Waals surface area contributed by atoms with Gasteiger partial charge in [0.15, 0.2) is 0 Å². The third kappa shape index (κ3) is 5.65. The molecule has 7 nitrogen and oxygen atoms in total. The molecule has 2 N–H and O–H groups in total. The molecule has 1 fully saturated rings. The van der Waals surface area contributed by atoms with Gasteiger partial charge in [-0.25, -0.2) is 17.6 Å². The molecule has 25 heavy (non-hydrogen) atoms. The number of nitrogens with zero attached hydrogens (tertiary/aromatic N) is 1. The molecule has 0 spiro atoms. The van der Waals surface area contributed by atoms with Crippen LogP contribution in [0.1, 0.15) is 19.4 Å². The second kappa shape index (κ2) is 8.11. The molecule has 1 aromatic rings. The number of benzene rings is 1. The highest BCUT2D eigenvalue weighted by atomic mass is 32.2. The van der Waals surface area contributed by atoms with Crippen molar-refractivity contribution < 1.29 is 22.3 Å². The summed E-state index contributed by atoms with van der Waals surface area (Å²) in [4.78, 5) is 11.8. The molecular formula is C16H24FN3O4S. The van der Waals surface area contributed by atoms with Gasteiger partial charge in [0.1, 0.15) is 5.82 Å². The molecule has 0 saturated carbocycles. The van der Waals surface area contributed by atoms with Crippen molar-refractivity contribution >= 4 is 21.7 Å². The van der Waals surface area contributed by atoms with Gasteiger partial charge in [0.2, 0.25) is 10.0 Å². The first-order chi connectivity index (χ1) is 11.7. The van der Waals surface area contributed by atoms with Crippen molar-refractivity contribution in [3.8, 4) is 0 Å². The lowest BCUT2D eigenvalue weighted by Gasteiger charge is -2.34. The fourth-order valence-corrected chi connectivity index (χ4v) is 4.17. The summed E-state index contributed by atoms with van der Waals surface area (Å²) in [5.74, 6) is -0.777. The number of carbonyl (C=O) groups is 1. The van der Waals surface area contributed by atoms with Gasteiger partial charge in [-0.05, 0) is 38.5 Å². The van der Waals surface area contributed by atoms with E-state index in [1.54, 1.807) is 13.0 Å². The Bertz CT molecular complexity index is 716. The monoisotopic (exact) mass is 373 g/mol. The number of hydrogen-bond donors (Lipinski definition) is 2. The highest BCUT2D eigenvalue weighted by molar-refractivity contribution is 7.89. The van der Waals surface area contributed by atoms with Crippen LogP contribution in [0.15, 0.2) is 18.2 Å². The van der Waals surface area contributed by atoms with Gasteiger partial charge < -0.3 is 15.4 Å². The summed E-state index contributed by atoms with van der Waals surface area (Å²) < 4.78 is 45.2. The van der Waals surface area contributed by atoms with Crippen LogP contribution in [0.4, 0.5) is 14.9 Å². The number of amides is 2. The van der Waals surface area contributed by atoms with Gasteiger partial charge in [-0.3, -0.25) is 0 Å². The Hall–Kier alpha value is -1.71. The minimum absolute atomic E-state index is 0.0520. The molecule has 1 heterocycles. The van der Waals surface area contributed by atoms with E-state index in [0.717, 1.165) is 5.56 Å². The van der Waals surface area contributed by atoms with Crippen LogP contribution in [0.3, 0.4) is 0 Å². The fourth-order valence-electron chi connectivity index (χ4n) is 2.68. The van der Waals surface area contributed by atoms with Gasteiger partial charge in [0.25, 0.3) is 0 Å². The summed E-state index contributed by atoms with van der Waals surface area (Å²) in [6, 6.07) is 3.71. The SMILES string of the molecule is Cc1ccc(F)c(NC(=O)NCCS(=O)(=O)N2CC(C)OC(C)C2)c1. The van der Waals surface area contributed by atoms with Crippen LogP contribution in [0.5, 0.6) is 0 Å². The molecule has 2 atom stereocenters. The van der Waals surface area contributed by atoms with E-state index in [0.29, 0.717) is 13.1 Å². The zero-order valence-electron chi connectivity index (χ0n) is 14.6. The molecule has 2 rings (SSSR count). The van der Waals surface area contributed by atoms with Crippen molar-refractivity contribution in [3.63, 3.8) is 0 Å². The first-order valence-electron chi connectivity index (χ1n) is 8.11. The maximum Gasteiger partial charge on any atom is 0.319 e. The van der Waals surface area contributed by atoms with Crippen LogP contribution in [-0.2, 0) is 14.8 Å². The number of urea groups is 1. The van der Waals surface area contributed by atoms with E-state index in [1.165, 1.54) is 16.4 Å². The number of morpholine rings is 1. The number of halogens is 1. The molecule has 0 radical (unpaired) electrons. The predicted molar refractivity (Wildman–Crippen MR) is 93.5 cm³/mol. The molecule has 1 aliphatic rings. The first-order valence-corrected chi connectivity index (χ1v) is 9.72. The van der Waals surface area contributed by atoms with Gasteiger partial charge in [-0.15, -0.1) is 0 Å². The highest BCUT2D eigenvalue weighted by Gasteiger charge is 2.30. The Morgan fingerprint density at radius 2 is 1.96 bits per heavy atom. The van der Waals surface area contributed by atoms with Crippen molar-refractivity contribution in [2.24, 2.45) is 0 Å². The Morgan fingerprint density at radius 3 is 2.60 bits per heavy atom. The van der Waals surface area contributed by atoms with Crippen LogP contribution < -0.4 is 10.6 Å². The van der Waals surface area contributed by atoms with Crippen LogP contribution >= 0.6 is 0 Å². The molecule has 0 bridgehead atoms. The topological polar surface area (TPSA) is 87.7 Å². The number of anilines is 1. The summed E-state index contributed by atoms with van der Waals surface area (Å²) >= 11 is 0. The number of aryl methyl sites for hydroxylation is 1. The predicted octanol–water partition coefficient (Wildman–Crippen LogP) is 1.69. The largest absolute Gasteiger partial charge is 0.373 e. The normalized spacial score (nSPS) is 21.8. The van der Waals surface area contributed by atoms with E-state index >= 15 is 0 Å². The number of sulfonamides is 1. The van der Waals surface area contributed by atoms with Gasteiger partial charge >= 0.3 is 6.03 Å². The van der Waals surface area contributed by atoms with Crippen LogP contribution in [0.2, 0.25) is 0 Å². The smallest absolute Gasteiger partial charge is 0.319 e. The van der Waals surface area contributed by atoms with Crippen LogP contribution in [0, 0.1) is 12.7 Å². The molecule has 0 aromatic heterocycles. The lowest BCUT2D eigenvalue weighted by molar-refractivity contribution is -0.0440. The number of rotatable bonds is 5. The number of hydrogen-bond acceptors (Lipinski definition) is 4. The van der Waals surface area contributed by atoms with E-state index in [-0.39, 0.29) is 30.2 Å². The van der Waals surface area contributed by atoms with Crippen molar-refractivity contribution in [1.82, 2.24) is 9.62 Å². The second-order valence-electron chi connectivity index (χ2n) is 6.25. The summed E-state index contributed by atoms with van der Waals surface area (Å²) in [6.07, 6.45) is -0.335. The van der Waals surface area contributed by atoms with E-state index in [1.807, 2.05) is 13.8 Å². The zero-order chi connectivity index (χ0) is 18.6. The average Bonchev–Trinajstić information content (AvgIpc) is 2.50. The van der Waals surface area contributed by atoms with Gasteiger partial charge in [-0.1, -0.05) is 6.07 Å². The summed E-state index contributed by atoms with van der Waals surface area (Å²) in [5, 5.41) is 4.82. The van der Waals surface area contributed by atoms with E-state index in [9.17, 15) is 17.6 Å². The quantitative estimate of drug-likeness (QED) is 0.822. The third-order valence-electron chi connectivity index (χ3n) is 3.80. The zero-order valence-corrected chi connectivity index (χ0v) is 15.4. The van der Waals surface area contributed by atoms with Crippen molar-refractivity contribution in [3.05, 3.63) is 29.6 Å². The minimum atomic E-state index is -3.50. The first kappa shape index (κ1) is 19.6. The Balaban J connectivity index is 1.84. The molecule has 2 unspecified atom stereocenters. The van der Waals surface area contributed by atoms with E-state index in [2.05, 4.69) is 10.6 Å². The Kier molecular flexibility index (Phi) is 6.36. The Morgan fingerprint density at radius 1 is 1.32 bits per heavy atom. The molecule has 1 aliphatic heterocycles. The molecule has 1 aromatic carbocycles. The average molecular weight is 373 g/mol. The minimum Gasteiger partial charge on any atom is -0.373 e. The van der Waals surface area contributed by atoms with E-state index < -0.39 is 21.9 Å². The lowest BCUT2D eigenvalue weighted by Crippen LogP contribution is -2.49. The molecule has 2 amide bonds. The van der Waals surface area contributed by atoms with Crippen molar-refractivity contribution in [2.45, 2.75) is 33.0 Å². The second-order valence-corrected chi connectivity index (χ2v) is 8.34. The maximum atomic E-state index is 13.6. The number of carbonyl (C=O) groups excluding carboxylic acids is 1. The maximum absolute atomic E-state index is 13.6. The molecule has 1 saturated heterocycles.